The van der Waals surface area contributed by atoms with Crippen LogP contribution in [-0.4, -0.2) is 48.1 Å². The molecule has 0 radical (unpaired) electrons. The van der Waals surface area contributed by atoms with Gasteiger partial charge >= 0.3 is 5.97 Å². The highest BCUT2D eigenvalue weighted by Crippen LogP contribution is 2.31. The first-order valence-electron chi connectivity index (χ1n) is 11.2. The Balaban J connectivity index is 1.57. The number of rotatable bonds is 6. The van der Waals surface area contributed by atoms with E-state index in [0.717, 1.165) is 40.7 Å². The predicted molar refractivity (Wildman–Crippen MR) is 133 cm³/mol. The van der Waals surface area contributed by atoms with Gasteiger partial charge in [-0.2, -0.15) is 0 Å². The van der Waals surface area contributed by atoms with E-state index >= 15 is 0 Å². The van der Waals surface area contributed by atoms with Crippen LogP contribution in [0.1, 0.15) is 41.0 Å². The third-order valence-corrected chi connectivity index (χ3v) is 6.51. The van der Waals surface area contributed by atoms with Gasteiger partial charge in [0.05, 0.1) is 23.9 Å². The number of benzene rings is 2. The van der Waals surface area contributed by atoms with E-state index in [4.69, 9.17) is 26.1 Å². The Morgan fingerprint density at radius 3 is 2.74 bits per heavy atom. The van der Waals surface area contributed by atoms with E-state index in [1.54, 1.807) is 12.1 Å². The fraction of sp³-hybridized carbons (Fsp3) is 0.346. The molecule has 0 bridgehead atoms. The van der Waals surface area contributed by atoms with Gasteiger partial charge in [0.2, 0.25) is 0 Å². The molecule has 7 nitrogen and oxygen atoms in total. The average molecular weight is 482 g/mol. The molecule has 4 rings (SSSR count). The van der Waals surface area contributed by atoms with Crippen molar-refractivity contribution in [3.63, 3.8) is 0 Å². The summed E-state index contributed by atoms with van der Waals surface area (Å²) in [5.41, 5.74) is 4.27. The summed E-state index contributed by atoms with van der Waals surface area (Å²) < 4.78 is 10.8. The lowest BCUT2D eigenvalue weighted by atomic mass is 9.95. The second-order valence-corrected chi connectivity index (χ2v) is 9.08. The number of halogens is 1. The van der Waals surface area contributed by atoms with Gasteiger partial charge in [-0.25, -0.2) is 4.79 Å². The summed E-state index contributed by atoms with van der Waals surface area (Å²) in [5, 5.41) is 4.00. The quantitative estimate of drug-likeness (QED) is 0.511. The van der Waals surface area contributed by atoms with Gasteiger partial charge in [0.15, 0.2) is 6.61 Å². The van der Waals surface area contributed by atoms with Crippen LogP contribution < -0.4 is 10.1 Å². The normalized spacial score (nSPS) is 13.6. The minimum Gasteiger partial charge on any atom is -0.495 e. The van der Waals surface area contributed by atoms with Crippen molar-refractivity contribution in [2.45, 2.75) is 39.8 Å². The van der Waals surface area contributed by atoms with Crippen LogP contribution in [0.2, 0.25) is 5.02 Å². The van der Waals surface area contributed by atoms with Gasteiger partial charge in [0, 0.05) is 53.3 Å². The number of nitrogens with one attached hydrogen (secondary N) is 1. The minimum absolute atomic E-state index is 0.340. The Bertz CT molecular complexity index is 1260. The van der Waals surface area contributed by atoms with Gasteiger partial charge in [-0.05, 0) is 38.5 Å². The molecule has 1 amide bonds. The number of pyridine rings is 1. The van der Waals surface area contributed by atoms with Crippen molar-refractivity contribution in [1.82, 2.24) is 9.88 Å². The molecule has 8 heteroatoms. The van der Waals surface area contributed by atoms with E-state index in [-0.39, 0.29) is 0 Å². The van der Waals surface area contributed by atoms with Gasteiger partial charge in [-0.1, -0.05) is 29.8 Å². The molecule has 0 atom stereocenters. The zero-order chi connectivity index (χ0) is 24.4. The van der Waals surface area contributed by atoms with Crippen molar-refractivity contribution < 1.29 is 19.1 Å². The largest absolute Gasteiger partial charge is 0.495 e. The molecule has 3 aromatic rings. The van der Waals surface area contributed by atoms with Crippen molar-refractivity contribution in [1.29, 1.82) is 0 Å². The molecule has 1 aromatic heterocycles. The van der Waals surface area contributed by atoms with Crippen LogP contribution in [-0.2, 0) is 22.5 Å². The highest BCUT2D eigenvalue weighted by Gasteiger charge is 2.28. The smallest absolute Gasteiger partial charge is 0.339 e. The Morgan fingerprint density at radius 1 is 1.24 bits per heavy atom. The number of hydrogen-bond acceptors (Lipinski definition) is 6. The number of aryl methyl sites for hydroxylation is 1. The molecule has 0 aliphatic carbocycles. The van der Waals surface area contributed by atoms with E-state index in [2.05, 4.69) is 24.1 Å². The van der Waals surface area contributed by atoms with Crippen molar-refractivity contribution >= 4 is 40.1 Å². The first-order valence-corrected chi connectivity index (χ1v) is 11.6. The summed E-state index contributed by atoms with van der Waals surface area (Å²) in [6, 6.07) is 11.2. The van der Waals surface area contributed by atoms with E-state index in [9.17, 15) is 9.59 Å². The lowest BCUT2D eigenvalue weighted by Gasteiger charge is -2.32. The zero-order valence-corrected chi connectivity index (χ0v) is 20.5. The number of para-hydroxylation sites is 1. The molecule has 0 saturated carbocycles. The molecule has 1 aliphatic heterocycles. The van der Waals surface area contributed by atoms with E-state index in [1.165, 1.54) is 7.11 Å². The summed E-state index contributed by atoms with van der Waals surface area (Å²) in [7, 11) is 1.49. The summed E-state index contributed by atoms with van der Waals surface area (Å²) in [6.45, 7) is 7.17. The molecule has 0 unspecified atom stereocenters. The van der Waals surface area contributed by atoms with Crippen LogP contribution in [0.5, 0.6) is 5.75 Å². The minimum atomic E-state index is -0.533. The zero-order valence-electron chi connectivity index (χ0n) is 19.8. The number of fused-ring (bicyclic) bond motifs is 2. The number of methoxy groups -OCH3 is 1. The number of anilines is 1. The van der Waals surface area contributed by atoms with Crippen LogP contribution in [0.25, 0.3) is 10.9 Å². The van der Waals surface area contributed by atoms with Crippen LogP contribution in [0, 0.1) is 6.92 Å². The summed E-state index contributed by atoms with van der Waals surface area (Å²) in [6.07, 6.45) is 0.759. The Hall–Kier alpha value is -3.16. The average Bonchev–Trinajstić information content (AvgIpc) is 2.82. The van der Waals surface area contributed by atoms with Crippen LogP contribution in [0.3, 0.4) is 0 Å². The fourth-order valence-electron chi connectivity index (χ4n) is 4.20. The predicted octanol–water partition coefficient (Wildman–Crippen LogP) is 4.77. The van der Waals surface area contributed by atoms with Crippen molar-refractivity contribution in [2.75, 3.05) is 25.6 Å². The van der Waals surface area contributed by atoms with Crippen molar-refractivity contribution in [3.8, 4) is 5.75 Å². The van der Waals surface area contributed by atoms with Gasteiger partial charge in [-0.15, -0.1) is 0 Å². The molecule has 0 spiro atoms. The monoisotopic (exact) mass is 481 g/mol. The molecule has 1 N–H and O–H groups in total. The second kappa shape index (κ2) is 9.99. The topological polar surface area (TPSA) is 80.8 Å². The Morgan fingerprint density at radius 2 is 2.00 bits per heavy atom. The number of carbonyl (C=O) groups excluding carboxylic acids is 2. The SMILES string of the molecule is COc1cc(Cl)c(C)cc1NC(=O)COC(=O)c1c2c(nc3ccccc13)CCN(C(C)C)C2. The van der Waals surface area contributed by atoms with Gasteiger partial charge in [0.25, 0.3) is 5.91 Å². The summed E-state index contributed by atoms with van der Waals surface area (Å²) >= 11 is 6.14. The molecule has 0 fully saturated rings. The van der Waals surface area contributed by atoms with Crippen LogP contribution in [0.4, 0.5) is 5.69 Å². The van der Waals surface area contributed by atoms with Gasteiger partial charge in [0.1, 0.15) is 5.75 Å². The number of carbonyl (C=O) groups is 2. The van der Waals surface area contributed by atoms with Gasteiger partial charge < -0.3 is 14.8 Å². The molecule has 34 heavy (non-hydrogen) atoms. The van der Waals surface area contributed by atoms with Crippen molar-refractivity contribution in [2.24, 2.45) is 0 Å². The number of aromatic nitrogens is 1. The maximum absolute atomic E-state index is 13.3. The molecule has 2 aromatic carbocycles. The highest BCUT2D eigenvalue weighted by molar-refractivity contribution is 6.31. The molecular formula is C26H28ClN3O4. The first-order chi connectivity index (χ1) is 16.3. The van der Waals surface area contributed by atoms with E-state index in [1.807, 2.05) is 31.2 Å². The van der Waals surface area contributed by atoms with Crippen LogP contribution >= 0.6 is 11.6 Å². The Kier molecular flexibility index (Phi) is 7.05. The standard InChI is InChI=1S/C26H28ClN3O4/c1-15(2)30-10-9-21-18(13-30)25(17-7-5-6-8-20(17)28-21)26(32)34-14-24(31)29-22-11-16(3)19(27)12-23(22)33-4/h5-8,11-12,15H,9-10,13-14H2,1-4H3,(H,29,31). The number of esters is 1. The highest BCUT2D eigenvalue weighted by atomic mass is 35.5. The fourth-order valence-corrected chi connectivity index (χ4v) is 4.36. The van der Waals surface area contributed by atoms with Crippen molar-refractivity contribution in [3.05, 3.63) is 63.8 Å². The second-order valence-electron chi connectivity index (χ2n) is 8.67. The summed E-state index contributed by atoms with van der Waals surface area (Å²) in [4.78, 5) is 33.0. The van der Waals surface area contributed by atoms with Crippen LogP contribution in [0.15, 0.2) is 36.4 Å². The molecule has 2 heterocycles. The van der Waals surface area contributed by atoms with Gasteiger partial charge in [-0.3, -0.25) is 14.7 Å². The molecule has 178 valence electrons. The molecule has 1 aliphatic rings. The third-order valence-electron chi connectivity index (χ3n) is 6.10. The number of amides is 1. The molecule has 0 saturated heterocycles. The van der Waals surface area contributed by atoms with E-state index < -0.39 is 18.5 Å². The lowest BCUT2D eigenvalue weighted by Crippen LogP contribution is -2.37. The summed E-state index contributed by atoms with van der Waals surface area (Å²) in [5.74, 6) is -0.572. The molecular weight excluding hydrogens is 454 g/mol. The number of nitrogens with zero attached hydrogens (tertiary/aromatic N) is 2. The number of ether oxygens (including phenoxy) is 2. The Labute approximate surface area is 204 Å². The number of hydrogen-bond donors (Lipinski definition) is 1. The van der Waals surface area contributed by atoms with E-state index in [0.29, 0.717) is 34.6 Å². The lowest BCUT2D eigenvalue weighted by molar-refractivity contribution is -0.119. The maximum atomic E-state index is 13.3. The maximum Gasteiger partial charge on any atom is 0.339 e. The first kappa shape index (κ1) is 24.0. The third kappa shape index (κ3) is 4.86.